The summed E-state index contributed by atoms with van der Waals surface area (Å²) in [5, 5.41) is 12.3. The number of aryl methyl sites for hydroxylation is 2. The van der Waals surface area contributed by atoms with E-state index in [0.717, 1.165) is 16.0 Å². The third-order valence-electron chi connectivity index (χ3n) is 4.12. The molecule has 2 aromatic carbocycles. The zero-order valence-electron chi connectivity index (χ0n) is 14.4. The maximum absolute atomic E-state index is 12.8. The molecule has 0 fully saturated rings. The largest absolute Gasteiger partial charge is 0.325 e. The fraction of sp³-hybridized carbons (Fsp3) is 0.150. The number of hydrogen-bond acceptors (Lipinski definition) is 4. The number of carbonyl (C=O) groups excluding carboxylic acids is 2. The van der Waals surface area contributed by atoms with E-state index >= 15 is 0 Å². The zero-order valence-corrected chi connectivity index (χ0v) is 15.3. The Morgan fingerprint density at radius 2 is 2.00 bits per heavy atom. The molecule has 3 rings (SSSR count). The lowest BCUT2D eigenvalue weighted by atomic mass is 10.1. The number of carbonyl (C=O) groups is 2. The SMILES string of the molecule is Cc1ccc(NC(=O)CN2C(=O)c3ccccc3S/C2=C/C#N)cc1C. The van der Waals surface area contributed by atoms with Crippen LogP contribution in [0.2, 0.25) is 0 Å². The smallest absolute Gasteiger partial charge is 0.260 e. The predicted octanol–water partition coefficient (Wildman–Crippen LogP) is 3.86. The summed E-state index contributed by atoms with van der Waals surface area (Å²) in [4.78, 5) is 27.4. The molecule has 2 aromatic rings. The van der Waals surface area contributed by atoms with Crippen LogP contribution in [-0.2, 0) is 4.79 Å². The lowest BCUT2D eigenvalue weighted by Crippen LogP contribution is -2.38. The van der Waals surface area contributed by atoms with Gasteiger partial charge in [0.05, 0.1) is 16.7 Å². The maximum Gasteiger partial charge on any atom is 0.260 e. The van der Waals surface area contributed by atoms with Crippen molar-refractivity contribution in [3.8, 4) is 6.07 Å². The summed E-state index contributed by atoms with van der Waals surface area (Å²) < 4.78 is 0. The van der Waals surface area contributed by atoms with Gasteiger partial charge in [-0.25, -0.2) is 0 Å². The van der Waals surface area contributed by atoms with Crippen molar-refractivity contribution in [2.24, 2.45) is 0 Å². The van der Waals surface area contributed by atoms with E-state index in [1.165, 1.54) is 22.7 Å². The third kappa shape index (κ3) is 3.63. The normalized spacial score (nSPS) is 14.7. The van der Waals surface area contributed by atoms with Crippen LogP contribution in [-0.4, -0.2) is 23.3 Å². The summed E-state index contributed by atoms with van der Waals surface area (Å²) in [6, 6.07) is 14.8. The van der Waals surface area contributed by atoms with Gasteiger partial charge in [0.1, 0.15) is 6.54 Å². The second-order valence-electron chi connectivity index (χ2n) is 5.95. The number of nitriles is 1. The van der Waals surface area contributed by atoms with Crippen LogP contribution in [0.5, 0.6) is 0 Å². The van der Waals surface area contributed by atoms with Crippen LogP contribution in [0.15, 0.2) is 58.5 Å². The summed E-state index contributed by atoms with van der Waals surface area (Å²) in [6.45, 7) is 3.82. The highest BCUT2D eigenvalue weighted by Gasteiger charge is 2.30. The van der Waals surface area contributed by atoms with Crippen molar-refractivity contribution < 1.29 is 9.59 Å². The predicted molar refractivity (Wildman–Crippen MR) is 102 cm³/mol. The van der Waals surface area contributed by atoms with Gasteiger partial charge in [-0.15, -0.1) is 0 Å². The lowest BCUT2D eigenvalue weighted by molar-refractivity contribution is -0.116. The summed E-state index contributed by atoms with van der Waals surface area (Å²) in [5.41, 5.74) is 3.43. The molecule has 6 heteroatoms. The number of allylic oxidation sites excluding steroid dienone is 1. The first-order chi connectivity index (χ1) is 12.5. The molecule has 0 spiro atoms. The first-order valence-corrected chi connectivity index (χ1v) is 8.87. The Morgan fingerprint density at radius 1 is 1.23 bits per heavy atom. The van der Waals surface area contributed by atoms with Crippen LogP contribution in [0.25, 0.3) is 0 Å². The van der Waals surface area contributed by atoms with Gasteiger partial charge < -0.3 is 5.32 Å². The van der Waals surface area contributed by atoms with E-state index < -0.39 is 0 Å². The molecule has 26 heavy (non-hydrogen) atoms. The fourth-order valence-corrected chi connectivity index (χ4v) is 3.63. The number of nitrogens with one attached hydrogen (secondary N) is 1. The molecule has 0 aliphatic carbocycles. The number of rotatable bonds is 3. The van der Waals surface area contributed by atoms with Crippen molar-refractivity contribution in [1.82, 2.24) is 4.90 Å². The maximum atomic E-state index is 12.8. The van der Waals surface area contributed by atoms with E-state index in [1.807, 2.05) is 50.2 Å². The lowest BCUT2D eigenvalue weighted by Gasteiger charge is -2.29. The van der Waals surface area contributed by atoms with E-state index in [0.29, 0.717) is 16.3 Å². The van der Waals surface area contributed by atoms with Crippen LogP contribution in [0.1, 0.15) is 21.5 Å². The number of anilines is 1. The molecule has 1 aliphatic heterocycles. The second-order valence-corrected chi connectivity index (χ2v) is 7.01. The van der Waals surface area contributed by atoms with Gasteiger partial charge in [0.2, 0.25) is 5.91 Å². The summed E-state index contributed by atoms with van der Waals surface area (Å²) in [6.07, 6.45) is 1.29. The van der Waals surface area contributed by atoms with Gasteiger partial charge in [-0.05, 0) is 49.2 Å². The first-order valence-electron chi connectivity index (χ1n) is 8.05. The molecule has 1 heterocycles. The number of fused-ring (bicyclic) bond motifs is 1. The molecule has 0 unspecified atom stereocenters. The van der Waals surface area contributed by atoms with Crippen molar-refractivity contribution >= 4 is 29.3 Å². The highest BCUT2D eigenvalue weighted by molar-refractivity contribution is 8.03. The van der Waals surface area contributed by atoms with Crippen molar-refractivity contribution in [3.63, 3.8) is 0 Å². The number of thioether (sulfide) groups is 1. The van der Waals surface area contributed by atoms with E-state index in [9.17, 15) is 9.59 Å². The van der Waals surface area contributed by atoms with Gasteiger partial charge in [0.15, 0.2) is 0 Å². The highest BCUT2D eigenvalue weighted by Crippen LogP contribution is 2.37. The van der Waals surface area contributed by atoms with Gasteiger partial charge >= 0.3 is 0 Å². The average molecular weight is 363 g/mol. The van der Waals surface area contributed by atoms with Gasteiger partial charge in [-0.3, -0.25) is 14.5 Å². The molecule has 0 atom stereocenters. The topological polar surface area (TPSA) is 73.2 Å². The van der Waals surface area contributed by atoms with E-state index in [1.54, 1.807) is 12.1 Å². The Balaban J connectivity index is 1.81. The van der Waals surface area contributed by atoms with Crippen LogP contribution in [0.3, 0.4) is 0 Å². The molecular formula is C20H17N3O2S. The van der Waals surface area contributed by atoms with Gasteiger partial charge in [0.25, 0.3) is 5.91 Å². The van der Waals surface area contributed by atoms with Crippen molar-refractivity contribution in [3.05, 3.63) is 70.3 Å². The molecule has 0 saturated heterocycles. The minimum Gasteiger partial charge on any atom is -0.325 e. The molecular weight excluding hydrogens is 346 g/mol. The molecule has 130 valence electrons. The molecule has 0 saturated carbocycles. The Kier molecular flexibility index (Phi) is 5.10. The molecule has 2 amide bonds. The van der Waals surface area contributed by atoms with Crippen molar-refractivity contribution in [2.45, 2.75) is 18.7 Å². The Bertz CT molecular complexity index is 960. The number of nitrogens with zero attached hydrogens (tertiary/aromatic N) is 2. The highest BCUT2D eigenvalue weighted by atomic mass is 32.2. The van der Waals surface area contributed by atoms with E-state index in [-0.39, 0.29) is 18.4 Å². The fourth-order valence-electron chi connectivity index (χ4n) is 2.62. The quantitative estimate of drug-likeness (QED) is 0.841. The standard InChI is InChI=1S/C20H17N3O2S/c1-13-7-8-15(11-14(13)2)22-18(24)12-23-19(9-10-21)26-17-6-4-3-5-16(17)20(23)25/h3-9,11H,12H2,1-2H3,(H,22,24)/b19-9+. The van der Waals surface area contributed by atoms with Gasteiger partial charge in [-0.2, -0.15) is 5.26 Å². The Hall–Kier alpha value is -3.04. The number of hydrogen-bond donors (Lipinski definition) is 1. The van der Waals surface area contributed by atoms with Crippen LogP contribution >= 0.6 is 11.8 Å². The zero-order chi connectivity index (χ0) is 18.7. The molecule has 1 aliphatic rings. The van der Waals surface area contributed by atoms with E-state index in [2.05, 4.69) is 5.32 Å². The molecule has 0 bridgehead atoms. The molecule has 5 nitrogen and oxygen atoms in total. The minimum absolute atomic E-state index is 0.152. The van der Waals surface area contributed by atoms with E-state index in [4.69, 9.17) is 5.26 Å². The summed E-state index contributed by atoms with van der Waals surface area (Å²) >= 11 is 1.31. The summed E-state index contributed by atoms with van der Waals surface area (Å²) in [7, 11) is 0. The molecule has 0 radical (unpaired) electrons. The second kappa shape index (κ2) is 7.46. The minimum atomic E-state index is -0.314. The monoisotopic (exact) mass is 363 g/mol. The number of amides is 2. The van der Waals surface area contributed by atoms with Crippen LogP contribution in [0, 0.1) is 25.2 Å². The summed E-state index contributed by atoms with van der Waals surface area (Å²) in [5.74, 6) is -0.596. The van der Waals surface area contributed by atoms with Crippen molar-refractivity contribution in [1.29, 1.82) is 5.26 Å². The molecule has 1 N–H and O–H groups in total. The third-order valence-corrected chi connectivity index (χ3v) is 5.25. The van der Waals surface area contributed by atoms with Crippen LogP contribution < -0.4 is 5.32 Å². The Labute approximate surface area is 156 Å². The average Bonchev–Trinajstić information content (AvgIpc) is 2.62. The number of benzene rings is 2. The van der Waals surface area contributed by atoms with Gasteiger partial charge in [-0.1, -0.05) is 30.0 Å². The van der Waals surface area contributed by atoms with Gasteiger partial charge in [0, 0.05) is 16.7 Å². The first kappa shape index (κ1) is 17.8. The van der Waals surface area contributed by atoms with Crippen molar-refractivity contribution in [2.75, 3.05) is 11.9 Å². The Morgan fingerprint density at radius 3 is 2.73 bits per heavy atom. The van der Waals surface area contributed by atoms with Crippen LogP contribution in [0.4, 0.5) is 5.69 Å². The molecule has 0 aromatic heterocycles.